The van der Waals surface area contributed by atoms with Gasteiger partial charge in [-0.05, 0) is 38.4 Å². The van der Waals surface area contributed by atoms with Crippen LogP contribution in [0.25, 0.3) is 10.1 Å². The van der Waals surface area contributed by atoms with Gasteiger partial charge in [0.2, 0.25) is 0 Å². The maximum atomic E-state index is 12.9. The minimum atomic E-state index is -0.853. The van der Waals surface area contributed by atoms with Crippen LogP contribution in [0.2, 0.25) is 0 Å². The topological polar surface area (TPSA) is 104 Å². The summed E-state index contributed by atoms with van der Waals surface area (Å²) < 4.78 is 0.845. The third kappa shape index (κ3) is 4.42. The molecule has 2 aromatic rings. The van der Waals surface area contributed by atoms with Crippen molar-refractivity contribution in [1.29, 1.82) is 0 Å². The molecule has 144 valence electrons. The van der Waals surface area contributed by atoms with Crippen LogP contribution in [0, 0.1) is 10.1 Å². The quantitative estimate of drug-likeness (QED) is 0.621. The highest BCUT2D eigenvalue weighted by molar-refractivity contribution is 7.20. The number of hydrogen-bond donors (Lipinski definition) is 1. The van der Waals surface area contributed by atoms with Crippen LogP contribution >= 0.6 is 11.3 Å². The van der Waals surface area contributed by atoms with Crippen LogP contribution in [0.1, 0.15) is 28.9 Å². The van der Waals surface area contributed by atoms with Crippen molar-refractivity contribution in [2.45, 2.75) is 25.3 Å². The first-order valence-electron chi connectivity index (χ1n) is 8.74. The highest BCUT2D eigenvalue weighted by Crippen LogP contribution is 2.30. The van der Waals surface area contributed by atoms with Crippen molar-refractivity contribution in [2.24, 2.45) is 0 Å². The molecule has 1 aliphatic heterocycles. The normalized spacial score (nSPS) is 17.9. The van der Waals surface area contributed by atoms with Crippen LogP contribution in [-0.4, -0.2) is 64.4 Å². The molecule has 27 heavy (non-hydrogen) atoms. The minimum Gasteiger partial charge on any atom is -0.480 e. The van der Waals surface area contributed by atoms with Crippen LogP contribution in [-0.2, 0) is 4.79 Å². The van der Waals surface area contributed by atoms with Crippen LogP contribution < -0.4 is 0 Å². The number of fused-ring (bicyclic) bond motifs is 1. The number of nitro groups is 1. The van der Waals surface area contributed by atoms with Gasteiger partial charge >= 0.3 is 5.97 Å². The molecular formula is C18H21N3O5S. The standard InChI is InChI=1S/C18H21N3O5S/c1-19(11-17(22)23)13-3-2-7-20(8-6-13)18(24)16-10-12-9-14(21(25)26)4-5-15(12)27-16/h4-5,9-10,13H,2-3,6-8,11H2,1H3,(H,22,23). The molecule has 1 N–H and O–H groups in total. The molecule has 1 aliphatic rings. The number of likely N-dealkylation sites (tertiary alicyclic amines) is 1. The van der Waals surface area contributed by atoms with Crippen molar-refractivity contribution < 1.29 is 19.6 Å². The summed E-state index contributed by atoms with van der Waals surface area (Å²) in [6, 6.07) is 6.47. The lowest BCUT2D eigenvalue weighted by molar-refractivity contribution is -0.384. The van der Waals surface area contributed by atoms with E-state index in [1.54, 1.807) is 24.1 Å². The molecule has 1 atom stereocenters. The van der Waals surface area contributed by atoms with E-state index in [-0.39, 0.29) is 24.2 Å². The van der Waals surface area contributed by atoms with Gasteiger partial charge < -0.3 is 10.0 Å². The number of amides is 1. The number of carboxylic acid groups (broad SMARTS) is 1. The Morgan fingerprint density at radius 1 is 1.33 bits per heavy atom. The molecule has 0 aliphatic carbocycles. The summed E-state index contributed by atoms with van der Waals surface area (Å²) in [6.45, 7) is 1.19. The van der Waals surface area contributed by atoms with Gasteiger partial charge in [-0.3, -0.25) is 24.6 Å². The number of rotatable bonds is 5. The second-order valence-corrected chi connectivity index (χ2v) is 7.86. The highest BCUT2D eigenvalue weighted by Gasteiger charge is 2.25. The van der Waals surface area contributed by atoms with Crippen LogP contribution in [0.4, 0.5) is 5.69 Å². The second-order valence-electron chi connectivity index (χ2n) is 6.78. The van der Waals surface area contributed by atoms with Gasteiger partial charge in [-0.25, -0.2) is 0 Å². The monoisotopic (exact) mass is 391 g/mol. The van der Waals surface area contributed by atoms with Crippen molar-refractivity contribution in [3.8, 4) is 0 Å². The molecule has 8 nitrogen and oxygen atoms in total. The van der Waals surface area contributed by atoms with Crippen molar-refractivity contribution in [1.82, 2.24) is 9.80 Å². The minimum absolute atomic E-state index is 0.00624. The van der Waals surface area contributed by atoms with E-state index in [1.807, 2.05) is 4.90 Å². The number of nitrogens with zero attached hydrogens (tertiary/aromatic N) is 3. The van der Waals surface area contributed by atoms with Gasteiger partial charge in [0.25, 0.3) is 11.6 Å². The lowest BCUT2D eigenvalue weighted by atomic mass is 10.1. The number of carboxylic acids is 1. The fraction of sp³-hybridized carbons (Fsp3) is 0.444. The Balaban J connectivity index is 1.71. The largest absolute Gasteiger partial charge is 0.480 e. The SMILES string of the molecule is CN(CC(=O)O)C1CCCN(C(=O)c2cc3cc([N+](=O)[O-])ccc3s2)CC1. The van der Waals surface area contributed by atoms with E-state index in [0.717, 1.165) is 24.0 Å². The average Bonchev–Trinajstić information content (AvgIpc) is 2.88. The molecule has 3 rings (SSSR count). The molecule has 1 saturated heterocycles. The zero-order chi connectivity index (χ0) is 19.6. The first-order chi connectivity index (χ1) is 12.8. The molecule has 0 radical (unpaired) electrons. The Hall–Kier alpha value is -2.52. The Labute approximate surface area is 160 Å². The summed E-state index contributed by atoms with van der Waals surface area (Å²) in [5, 5.41) is 20.6. The van der Waals surface area contributed by atoms with Gasteiger partial charge in [-0.2, -0.15) is 0 Å². The van der Waals surface area contributed by atoms with Crippen molar-refractivity contribution in [3.05, 3.63) is 39.3 Å². The Morgan fingerprint density at radius 2 is 2.11 bits per heavy atom. The number of nitro benzene ring substituents is 1. The van der Waals surface area contributed by atoms with Crippen LogP contribution in [0.3, 0.4) is 0 Å². The lowest BCUT2D eigenvalue weighted by Crippen LogP contribution is -2.37. The van der Waals surface area contributed by atoms with E-state index in [0.29, 0.717) is 23.4 Å². The predicted octanol–water partition coefficient (Wildman–Crippen LogP) is 2.82. The summed E-state index contributed by atoms with van der Waals surface area (Å²) in [5.41, 5.74) is 0.0124. The third-order valence-electron chi connectivity index (χ3n) is 4.91. The molecule has 0 saturated carbocycles. The van der Waals surface area contributed by atoms with Gasteiger partial charge in [0.05, 0.1) is 16.3 Å². The van der Waals surface area contributed by atoms with Gasteiger partial charge in [0.15, 0.2) is 0 Å². The van der Waals surface area contributed by atoms with Gasteiger partial charge in [0.1, 0.15) is 0 Å². The fourth-order valence-electron chi connectivity index (χ4n) is 3.47. The average molecular weight is 391 g/mol. The molecule has 1 aromatic carbocycles. The molecule has 1 fully saturated rings. The molecular weight excluding hydrogens is 370 g/mol. The van der Waals surface area contributed by atoms with Crippen LogP contribution in [0.5, 0.6) is 0 Å². The summed E-state index contributed by atoms with van der Waals surface area (Å²) in [5.74, 6) is -0.922. The molecule has 1 unspecified atom stereocenters. The van der Waals surface area contributed by atoms with Crippen molar-refractivity contribution in [2.75, 3.05) is 26.7 Å². The maximum absolute atomic E-state index is 12.9. The number of carbonyl (C=O) groups excluding carboxylic acids is 1. The van der Waals surface area contributed by atoms with Gasteiger partial charge in [0, 0.05) is 41.4 Å². The van der Waals surface area contributed by atoms with E-state index >= 15 is 0 Å². The Morgan fingerprint density at radius 3 is 2.81 bits per heavy atom. The molecule has 9 heteroatoms. The fourth-order valence-corrected chi connectivity index (χ4v) is 4.48. The Kier molecular flexibility index (Phi) is 5.71. The lowest BCUT2D eigenvalue weighted by Gasteiger charge is -2.25. The van der Waals surface area contributed by atoms with E-state index in [1.165, 1.54) is 23.5 Å². The number of aliphatic carboxylic acids is 1. The first kappa shape index (κ1) is 19.2. The number of hydrogen-bond acceptors (Lipinski definition) is 6. The second kappa shape index (κ2) is 8.01. The van der Waals surface area contributed by atoms with E-state index in [9.17, 15) is 19.7 Å². The number of non-ortho nitro benzene ring substituents is 1. The van der Waals surface area contributed by atoms with E-state index in [4.69, 9.17) is 5.11 Å². The molecule has 1 amide bonds. The maximum Gasteiger partial charge on any atom is 0.317 e. The summed E-state index contributed by atoms with van der Waals surface area (Å²) in [7, 11) is 1.80. The number of carbonyl (C=O) groups is 2. The molecule has 0 spiro atoms. The molecule has 2 heterocycles. The van der Waals surface area contributed by atoms with Crippen LogP contribution in [0.15, 0.2) is 24.3 Å². The predicted molar refractivity (Wildman–Crippen MR) is 102 cm³/mol. The highest BCUT2D eigenvalue weighted by atomic mass is 32.1. The third-order valence-corrected chi connectivity index (χ3v) is 6.02. The first-order valence-corrected chi connectivity index (χ1v) is 9.56. The smallest absolute Gasteiger partial charge is 0.317 e. The number of thiophene rings is 1. The van der Waals surface area contributed by atoms with Crippen molar-refractivity contribution in [3.63, 3.8) is 0 Å². The van der Waals surface area contributed by atoms with Gasteiger partial charge in [-0.15, -0.1) is 11.3 Å². The summed E-state index contributed by atoms with van der Waals surface area (Å²) >= 11 is 1.34. The van der Waals surface area contributed by atoms with Crippen molar-refractivity contribution >= 4 is 39.0 Å². The zero-order valence-electron chi connectivity index (χ0n) is 15.0. The summed E-state index contributed by atoms with van der Waals surface area (Å²) in [6.07, 6.45) is 2.40. The number of likely N-dealkylation sites (N-methyl/N-ethyl adjacent to an activating group) is 1. The van der Waals surface area contributed by atoms with Gasteiger partial charge in [-0.1, -0.05) is 0 Å². The molecule has 0 bridgehead atoms. The number of benzene rings is 1. The van der Waals surface area contributed by atoms with E-state index in [2.05, 4.69) is 0 Å². The summed E-state index contributed by atoms with van der Waals surface area (Å²) in [4.78, 5) is 38.5. The molecule has 1 aromatic heterocycles. The Bertz CT molecular complexity index is 881. The van der Waals surface area contributed by atoms with E-state index < -0.39 is 10.9 Å². The zero-order valence-corrected chi connectivity index (χ0v) is 15.8.